The predicted octanol–water partition coefficient (Wildman–Crippen LogP) is 3.33. The lowest BCUT2D eigenvalue weighted by atomic mass is 9.82. The van der Waals surface area contributed by atoms with Crippen LogP contribution in [0.5, 0.6) is 0 Å². The van der Waals surface area contributed by atoms with Gasteiger partial charge in [-0.2, -0.15) is 0 Å². The lowest BCUT2D eigenvalue weighted by Crippen LogP contribution is -2.44. The largest absolute Gasteiger partial charge is 0.311 e. The number of benzene rings is 1. The van der Waals surface area contributed by atoms with E-state index in [0.717, 1.165) is 24.8 Å². The van der Waals surface area contributed by atoms with E-state index >= 15 is 4.39 Å². The molecule has 17 heavy (non-hydrogen) atoms. The first-order valence-electron chi connectivity index (χ1n) is 6.74. The van der Waals surface area contributed by atoms with Gasteiger partial charge in [0, 0.05) is 24.9 Å². The summed E-state index contributed by atoms with van der Waals surface area (Å²) in [5.74, 6) is 0. The number of aryl methyl sites for hydroxylation is 1. The number of halogens is 1. The second-order valence-corrected chi connectivity index (χ2v) is 5.57. The summed E-state index contributed by atoms with van der Waals surface area (Å²) in [6.45, 7) is 2.12. The molecule has 3 rings (SSSR count). The molecule has 0 aliphatic carbocycles. The molecule has 2 unspecified atom stereocenters. The van der Waals surface area contributed by atoms with Gasteiger partial charge in [-0.1, -0.05) is 31.2 Å². The molecule has 1 N–H and O–H groups in total. The molecule has 2 aliphatic heterocycles. The number of rotatable bonds is 2. The number of alkyl halides is 1. The van der Waals surface area contributed by atoms with Gasteiger partial charge in [0.15, 0.2) is 0 Å². The van der Waals surface area contributed by atoms with E-state index in [4.69, 9.17) is 0 Å². The van der Waals surface area contributed by atoms with Gasteiger partial charge in [-0.15, -0.1) is 0 Å². The number of hydrogen-bond acceptors (Lipinski definition) is 1. The minimum Gasteiger partial charge on any atom is -0.311 e. The molecule has 2 heterocycles. The van der Waals surface area contributed by atoms with Crippen LogP contribution in [0, 0.1) is 0 Å². The van der Waals surface area contributed by atoms with Gasteiger partial charge in [0.1, 0.15) is 5.67 Å². The molecule has 0 amide bonds. The Kier molecular flexibility index (Phi) is 2.70. The minimum atomic E-state index is -1.09. The zero-order chi connectivity index (χ0) is 11.9. The average Bonchev–Trinajstić information content (AvgIpc) is 2.69. The van der Waals surface area contributed by atoms with Crippen molar-refractivity contribution >= 4 is 0 Å². The first-order chi connectivity index (χ1) is 8.19. The van der Waals surface area contributed by atoms with E-state index in [1.165, 1.54) is 5.56 Å². The highest BCUT2D eigenvalue weighted by molar-refractivity contribution is 5.30. The smallest absolute Gasteiger partial charge is 0.139 e. The third kappa shape index (κ3) is 1.99. The van der Waals surface area contributed by atoms with Crippen molar-refractivity contribution < 1.29 is 4.39 Å². The summed E-state index contributed by atoms with van der Waals surface area (Å²) < 4.78 is 15.1. The molecule has 0 aromatic heterocycles. The van der Waals surface area contributed by atoms with Crippen molar-refractivity contribution in [2.45, 2.75) is 56.8 Å². The van der Waals surface area contributed by atoms with Gasteiger partial charge in [-0.3, -0.25) is 0 Å². The molecular weight excluding hydrogens is 213 g/mol. The average molecular weight is 233 g/mol. The summed E-state index contributed by atoms with van der Waals surface area (Å²) in [4.78, 5) is 0. The Morgan fingerprint density at radius 3 is 2.65 bits per heavy atom. The van der Waals surface area contributed by atoms with Gasteiger partial charge in [-0.25, -0.2) is 4.39 Å². The third-order valence-electron chi connectivity index (χ3n) is 4.33. The van der Waals surface area contributed by atoms with Crippen molar-refractivity contribution in [2.24, 2.45) is 0 Å². The molecule has 0 saturated carbocycles. The second-order valence-electron chi connectivity index (χ2n) is 5.57. The van der Waals surface area contributed by atoms with Crippen LogP contribution >= 0.6 is 0 Å². The van der Waals surface area contributed by atoms with Gasteiger partial charge >= 0.3 is 0 Å². The quantitative estimate of drug-likeness (QED) is 0.826. The summed E-state index contributed by atoms with van der Waals surface area (Å²) in [7, 11) is 0. The molecule has 2 saturated heterocycles. The maximum absolute atomic E-state index is 15.1. The molecular formula is C15H20FN. The van der Waals surface area contributed by atoms with Crippen LogP contribution in [-0.2, 0) is 12.1 Å². The Balaban J connectivity index is 1.91. The molecule has 0 radical (unpaired) electrons. The molecule has 1 aromatic rings. The highest BCUT2D eigenvalue weighted by Crippen LogP contribution is 2.43. The topological polar surface area (TPSA) is 12.0 Å². The van der Waals surface area contributed by atoms with E-state index in [9.17, 15) is 0 Å². The molecule has 1 aromatic carbocycles. The fourth-order valence-corrected chi connectivity index (χ4v) is 3.39. The van der Waals surface area contributed by atoms with E-state index in [0.29, 0.717) is 24.9 Å². The molecule has 0 spiro atoms. The van der Waals surface area contributed by atoms with E-state index < -0.39 is 5.67 Å². The maximum Gasteiger partial charge on any atom is 0.139 e. The Bertz CT molecular complexity index is 403. The lowest BCUT2D eigenvalue weighted by Gasteiger charge is -2.35. The molecule has 2 aliphatic rings. The van der Waals surface area contributed by atoms with Crippen LogP contribution in [-0.4, -0.2) is 12.1 Å². The summed E-state index contributed by atoms with van der Waals surface area (Å²) in [6, 6.07) is 8.89. The van der Waals surface area contributed by atoms with E-state index in [-0.39, 0.29) is 0 Å². The fourth-order valence-electron chi connectivity index (χ4n) is 3.39. The van der Waals surface area contributed by atoms with Gasteiger partial charge in [0.05, 0.1) is 0 Å². The summed E-state index contributed by atoms with van der Waals surface area (Å²) in [6.07, 6.45) is 4.57. The summed E-state index contributed by atoms with van der Waals surface area (Å²) in [5, 5.41) is 3.50. The predicted molar refractivity (Wildman–Crippen MR) is 67.8 cm³/mol. The zero-order valence-corrected chi connectivity index (χ0v) is 10.4. The van der Waals surface area contributed by atoms with Crippen molar-refractivity contribution in [3.63, 3.8) is 0 Å². The zero-order valence-electron chi connectivity index (χ0n) is 10.4. The van der Waals surface area contributed by atoms with Gasteiger partial charge in [-0.05, 0) is 30.4 Å². The fraction of sp³-hybridized carbons (Fsp3) is 0.600. The van der Waals surface area contributed by atoms with Crippen molar-refractivity contribution in [3.05, 3.63) is 35.4 Å². The van der Waals surface area contributed by atoms with Crippen molar-refractivity contribution in [2.75, 3.05) is 0 Å². The molecule has 2 bridgehead atoms. The lowest BCUT2D eigenvalue weighted by molar-refractivity contribution is 0.0873. The molecule has 2 fully saturated rings. The molecule has 92 valence electrons. The van der Waals surface area contributed by atoms with Crippen molar-refractivity contribution in [1.29, 1.82) is 0 Å². The number of hydrogen-bond donors (Lipinski definition) is 1. The first kappa shape index (κ1) is 11.2. The number of piperidine rings is 1. The van der Waals surface area contributed by atoms with Crippen LogP contribution < -0.4 is 5.32 Å². The molecule has 2 atom stereocenters. The highest BCUT2D eigenvalue weighted by Gasteiger charge is 2.45. The van der Waals surface area contributed by atoms with Crippen molar-refractivity contribution in [3.8, 4) is 0 Å². The van der Waals surface area contributed by atoms with Crippen LogP contribution in [0.4, 0.5) is 4.39 Å². The summed E-state index contributed by atoms with van der Waals surface area (Å²) >= 11 is 0. The Morgan fingerprint density at radius 2 is 2.00 bits per heavy atom. The highest BCUT2D eigenvalue weighted by atomic mass is 19.1. The van der Waals surface area contributed by atoms with Crippen LogP contribution in [0.1, 0.15) is 43.7 Å². The SMILES string of the molecule is CCc1cccc(C2(F)CC3CCC(C2)N3)c1. The van der Waals surface area contributed by atoms with Crippen molar-refractivity contribution in [1.82, 2.24) is 5.32 Å². The van der Waals surface area contributed by atoms with Crippen LogP contribution in [0.2, 0.25) is 0 Å². The standard InChI is InChI=1S/C15H20FN/c1-2-11-4-3-5-12(8-11)15(16)9-13-6-7-14(10-15)17-13/h3-5,8,13-14,17H,2,6-7,9-10H2,1H3. The monoisotopic (exact) mass is 233 g/mol. The van der Waals surface area contributed by atoms with Gasteiger partial charge in [0.2, 0.25) is 0 Å². The van der Waals surface area contributed by atoms with Crippen LogP contribution in [0.15, 0.2) is 24.3 Å². The number of nitrogens with one attached hydrogen (secondary N) is 1. The molecule has 1 nitrogen and oxygen atoms in total. The third-order valence-corrected chi connectivity index (χ3v) is 4.33. The van der Waals surface area contributed by atoms with E-state index in [1.54, 1.807) is 0 Å². The maximum atomic E-state index is 15.1. The Labute approximate surface area is 102 Å². The normalized spacial score (nSPS) is 36.1. The van der Waals surface area contributed by atoms with Crippen LogP contribution in [0.3, 0.4) is 0 Å². The van der Waals surface area contributed by atoms with Crippen LogP contribution in [0.25, 0.3) is 0 Å². The summed E-state index contributed by atoms with van der Waals surface area (Å²) in [5.41, 5.74) is 1.04. The van der Waals surface area contributed by atoms with Gasteiger partial charge in [0.25, 0.3) is 0 Å². The van der Waals surface area contributed by atoms with Gasteiger partial charge < -0.3 is 5.32 Å². The molecule has 2 heteroatoms. The van der Waals surface area contributed by atoms with E-state index in [2.05, 4.69) is 24.4 Å². The Morgan fingerprint density at radius 1 is 1.29 bits per heavy atom. The Hall–Kier alpha value is -0.890. The van der Waals surface area contributed by atoms with E-state index in [1.807, 2.05) is 12.1 Å². The first-order valence-corrected chi connectivity index (χ1v) is 6.74. The number of fused-ring (bicyclic) bond motifs is 2. The second kappa shape index (κ2) is 4.09. The minimum absolute atomic E-state index is 0.393.